The third-order valence-electron chi connectivity index (χ3n) is 5.74. The largest absolute Gasteiger partial charge is 0.573 e. The monoisotopic (exact) mass is 471 g/mol. The average molecular weight is 471 g/mol. The van der Waals surface area contributed by atoms with Gasteiger partial charge in [0.05, 0.1) is 6.10 Å². The number of aliphatic hydroxyl groups excluding tert-OH is 1. The van der Waals surface area contributed by atoms with Crippen molar-refractivity contribution in [2.45, 2.75) is 26.3 Å². The highest BCUT2D eigenvalue weighted by molar-refractivity contribution is 6.05. The van der Waals surface area contributed by atoms with Gasteiger partial charge in [0.15, 0.2) is 0 Å². The number of nitrogens with zero attached hydrogens (tertiary/aromatic N) is 2. The number of hydrogen-bond donors (Lipinski definition) is 2. The Balaban J connectivity index is 1.60. The first kappa shape index (κ1) is 23.6. The van der Waals surface area contributed by atoms with E-state index in [2.05, 4.69) is 19.9 Å². The predicted octanol–water partition coefficient (Wildman–Crippen LogP) is 5.02. The maximum atomic E-state index is 12.9. The van der Waals surface area contributed by atoms with Crippen LogP contribution in [0.5, 0.6) is 5.75 Å². The second kappa shape index (κ2) is 9.34. The van der Waals surface area contributed by atoms with E-state index in [9.17, 15) is 23.1 Å². The molecule has 1 aliphatic rings. The molecule has 1 saturated heterocycles. The van der Waals surface area contributed by atoms with Gasteiger partial charge in [0.2, 0.25) is 0 Å². The molecule has 2 atom stereocenters. The fourth-order valence-corrected chi connectivity index (χ4v) is 3.90. The number of carbonyl (C=O) groups excluding carboxylic acids is 1. The van der Waals surface area contributed by atoms with Gasteiger partial charge in [-0.05, 0) is 55.5 Å². The van der Waals surface area contributed by atoms with Crippen LogP contribution in [0.2, 0.25) is 0 Å². The first-order valence-corrected chi connectivity index (χ1v) is 10.8. The Hall–Kier alpha value is -3.59. The van der Waals surface area contributed by atoms with Crippen molar-refractivity contribution in [3.05, 3.63) is 72.1 Å². The number of ether oxygens (including phenoxy) is 1. The summed E-state index contributed by atoms with van der Waals surface area (Å²) in [6.45, 7) is 5.05. The van der Waals surface area contributed by atoms with Crippen LogP contribution >= 0.6 is 0 Å². The van der Waals surface area contributed by atoms with E-state index < -0.39 is 18.4 Å². The molecule has 1 aromatic heterocycles. The van der Waals surface area contributed by atoms with Crippen molar-refractivity contribution in [3.63, 3.8) is 0 Å². The van der Waals surface area contributed by atoms with Crippen molar-refractivity contribution in [3.8, 4) is 16.9 Å². The molecular formula is C25H24F3N3O3. The molecule has 0 radical (unpaired) electrons. The summed E-state index contributed by atoms with van der Waals surface area (Å²) in [7, 11) is 0. The Morgan fingerprint density at radius 2 is 1.85 bits per heavy atom. The molecule has 1 aliphatic heterocycles. The van der Waals surface area contributed by atoms with Gasteiger partial charge in [-0.15, -0.1) is 13.2 Å². The summed E-state index contributed by atoms with van der Waals surface area (Å²) in [6, 6.07) is 14.0. The van der Waals surface area contributed by atoms with Gasteiger partial charge in [0.25, 0.3) is 5.91 Å². The smallest absolute Gasteiger partial charge is 0.406 e. The Labute approximate surface area is 195 Å². The zero-order valence-corrected chi connectivity index (χ0v) is 18.6. The minimum Gasteiger partial charge on any atom is -0.406 e. The molecule has 3 aromatic rings. The first-order chi connectivity index (χ1) is 16.1. The number of alkyl halides is 3. The minimum absolute atomic E-state index is 0.122. The highest BCUT2D eigenvalue weighted by Crippen LogP contribution is 2.35. The van der Waals surface area contributed by atoms with Crippen LogP contribution in [-0.4, -0.2) is 41.6 Å². The molecule has 2 heterocycles. The zero-order valence-electron chi connectivity index (χ0n) is 18.6. The number of pyridine rings is 1. The van der Waals surface area contributed by atoms with E-state index in [1.807, 2.05) is 32.0 Å². The number of amides is 1. The highest BCUT2D eigenvalue weighted by Gasteiger charge is 2.31. The van der Waals surface area contributed by atoms with E-state index in [1.165, 1.54) is 12.1 Å². The Kier molecular flexibility index (Phi) is 6.47. The molecule has 0 unspecified atom stereocenters. The predicted molar refractivity (Wildman–Crippen MR) is 123 cm³/mol. The molecular weight excluding hydrogens is 447 g/mol. The SMILES string of the molecule is Cc1ccc(-c2cc(C(=O)Nc3ccc(OC(F)(F)F)cc3)ccc2N2C[C@H](C)[C@@H](O)C2)cn1. The molecule has 2 N–H and O–H groups in total. The fourth-order valence-electron chi connectivity index (χ4n) is 3.90. The number of aliphatic hydroxyl groups is 1. The fraction of sp³-hybridized carbons (Fsp3) is 0.280. The van der Waals surface area contributed by atoms with Gasteiger partial charge < -0.3 is 20.1 Å². The normalized spacial score (nSPS) is 18.1. The summed E-state index contributed by atoms with van der Waals surface area (Å²) in [4.78, 5) is 19.4. The third kappa shape index (κ3) is 5.48. The van der Waals surface area contributed by atoms with Crippen LogP contribution in [0.1, 0.15) is 23.0 Å². The summed E-state index contributed by atoms with van der Waals surface area (Å²) in [5, 5.41) is 12.9. The minimum atomic E-state index is -4.78. The summed E-state index contributed by atoms with van der Waals surface area (Å²) < 4.78 is 40.9. The molecule has 178 valence electrons. The summed E-state index contributed by atoms with van der Waals surface area (Å²) in [6.07, 6.45) is -3.47. The van der Waals surface area contributed by atoms with E-state index in [4.69, 9.17) is 0 Å². The van der Waals surface area contributed by atoms with Crippen LogP contribution in [0.3, 0.4) is 0 Å². The molecule has 4 rings (SSSR count). The lowest BCUT2D eigenvalue weighted by molar-refractivity contribution is -0.274. The molecule has 0 saturated carbocycles. The Bertz CT molecular complexity index is 1150. The molecule has 0 bridgehead atoms. The number of aryl methyl sites for hydroxylation is 1. The van der Waals surface area contributed by atoms with Gasteiger partial charge in [-0.1, -0.05) is 13.0 Å². The van der Waals surface area contributed by atoms with E-state index in [1.54, 1.807) is 18.3 Å². The summed E-state index contributed by atoms with van der Waals surface area (Å²) in [5.74, 6) is -0.658. The number of aromatic nitrogens is 1. The van der Waals surface area contributed by atoms with Gasteiger partial charge in [-0.25, -0.2) is 0 Å². The van der Waals surface area contributed by atoms with Crippen molar-refractivity contribution < 1.29 is 27.8 Å². The number of rotatable bonds is 5. The molecule has 1 amide bonds. The Morgan fingerprint density at radius 1 is 1.12 bits per heavy atom. The van der Waals surface area contributed by atoms with Crippen LogP contribution in [0.15, 0.2) is 60.8 Å². The average Bonchev–Trinajstić information content (AvgIpc) is 3.12. The van der Waals surface area contributed by atoms with Crippen LogP contribution in [0, 0.1) is 12.8 Å². The maximum Gasteiger partial charge on any atom is 0.573 e. The first-order valence-electron chi connectivity index (χ1n) is 10.8. The standard InChI is InChI=1S/C25H24F3N3O3/c1-15-13-31(14-23(15)32)22-10-5-17(11-21(22)18-4-3-16(2)29-12-18)24(33)30-19-6-8-20(9-7-19)34-25(26,27)28/h3-12,15,23,32H,13-14H2,1-2H3,(H,30,33)/t15-,23-/m0/s1. The number of carbonyl (C=O) groups is 1. The van der Waals surface area contributed by atoms with Crippen LogP contribution in [-0.2, 0) is 0 Å². The van der Waals surface area contributed by atoms with Gasteiger partial charge in [-0.2, -0.15) is 0 Å². The second-order valence-corrected chi connectivity index (χ2v) is 8.40. The van der Waals surface area contributed by atoms with Crippen molar-refractivity contribution in [1.29, 1.82) is 0 Å². The van der Waals surface area contributed by atoms with Gasteiger partial charge >= 0.3 is 6.36 Å². The molecule has 6 nitrogen and oxygen atoms in total. The van der Waals surface area contributed by atoms with Crippen molar-refractivity contribution >= 4 is 17.3 Å². The molecule has 0 spiro atoms. The summed E-state index contributed by atoms with van der Waals surface area (Å²) in [5.41, 5.74) is 4.09. The topological polar surface area (TPSA) is 74.7 Å². The summed E-state index contributed by atoms with van der Waals surface area (Å²) >= 11 is 0. The number of anilines is 2. The van der Waals surface area contributed by atoms with E-state index in [-0.39, 0.29) is 11.7 Å². The molecule has 1 fully saturated rings. The van der Waals surface area contributed by atoms with Gasteiger partial charge in [-0.3, -0.25) is 9.78 Å². The second-order valence-electron chi connectivity index (χ2n) is 8.40. The number of hydrogen-bond acceptors (Lipinski definition) is 5. The number of halogens is 3. The molecule has 34 heavy (non-hydrogen) atoms. The molecule has 0 aliphatic carbocycles. The lowest BCUT2D eigenvalue weighted by Crippen LogP contribution is -2.22. The number of nitrogens with one attached hydrogen (secondary N) is 1. The van der Waals surface area contributed by atoms with E-state index in [0.717, 1.165) is 34.6 Å². The van der Waals surface area contributed by atoms with Crippen LogP contribution in [0.25, 0.3) is 11.1 Å². The third-order valence-corrected chi connectivity index (χ3v) is 5.74. The van der Waals surface area contributed by atoms with E-state index >= 15 is 0 Å². The molecule has 2 aromatic carbocycles. The highest BCUT2D eigenvalue weighted by atomic mass is 19.4. The molecule has 9 heteroatoms. The number of benzene rings is 2. The number of β-amino-alcohol motifs (C(OH)–C–C–N with tert-alkyl or cyclic N) is 1. The van der Waals surface area contributed by atoms with Crippen molar-refractivity contribution in [2.24, 2.45) is 5.92 Å². The lowest BCUT2D eigenvalue weighted by Gasteiger charge is -2.22. The Morgan fingerprint density at radius 3 is 2.44 bits per heavy atom. The lowest BCUT2D eigenvalue weighted by atomic mass is 10.0. The maximum absolute atomic E-state index is 12.9. The van der Waals surface area contributed by atoms with Gasteiger partial charge in [0, 0.05) is 59.0 Å². The quantitative estimate of drug-likeness (QED) is 0.546. The zero-order chi connectivity index (χ0) is 24.5. The van der Waals surface area contributed by atoms with Crippen LogP contribution < -0.4 is 15.0 Å². The van der Waals surface area contributed by atoms with Gasteiger partial charge in [0.1, 0.15) is 5.75 Å². The van der Waals surface area contributed by atoms with E-state index in [0.29, 0.717) is 24.3 Å². The van der Waals surface area contributed by atoms with Crippen molar-refractivity contribution in [1.82, 2.24) is 4.98 Å². The van der Waals surface area contributed by atoms with Crippen LogP contribution in [0.4, 0.5) is 24.5 Å². The van der Waals surface area contributed by atoms with Crippen molar-refractivity contribution in [2.75, 3.05) is 23.3 Å².